The number of rotatable bonds is 4. The molecule has 0 unspecified atom stereocenters. The maximum Gasteiger partial charge on any atom is 0.137 e. The van der Waals surface area contributed by atoms with E-state index in [1.807, 2.05) is 0 Å². The van der Waals surface area contributed by atoms with Crippen LogP contribution in [0.3, 0.4) is 0 Å². The molecule has 0 spiro atoms. The van der Waals surface area contributed by atoms with Crippen LogP contribution in [0.5, 0.6) is 0 Å². The third-order valence-electron chi connectivity index (χ3n) is 8.23. The molecule has 0 radical (unpaired) electrons. The second kappa shape index (κ2) is 8.82. The molecule has 192 valence electrons. The smallest absolute Gasteiger partial charge is 0.137 e. The van der Waals surface area contributed by atoms with Crippen LogP contribution in [0.2, 0.25) is 0 Å². The van der Waals surface area contributed by atoms with Crippen LogP contribution in [0.4, 0.5) is 0 Å². The lowest BCUT2D eigenvalue weighted by molar-refractivity contribution is 0.872. The molecule has 0 bridgehead atoms. The first-order valence-electron chi connectivity index (χ1n) is 14.1. The fraction of sp³-hybridized carbons (Fsp3) is 0.108. The third-order valence-corrected chi connectivity index (χ3v) is 8.23. The summed E-state index contributed by atoms with van der Waals surface area (Å²) in [5, 5.41) is 7.53. The third kappa shape index (κ3) is 3.34. The Hall–Kier alpha value is -4.89. The molecule has 0 aliphatic rings. The van der Waals surface area contributed by atoms with Crippen molar-refractivity contribution >= 4 is 54.4 Å². The van der Waals surface area contributed by atoms with Gasteiger partial charge in [-0.2, -0.15) is 0 Å². The highest BCUT2D eigenvalue weighted by atomic mass is 15.1. The van der Waals surface area contributed by atoms with E-state index in [1.165, 1.54) is 65.6 Å². The molecule has 0 saturated heterocycles. The summed E-state index contributed by atoms with van der Waals surface area (Å²) in [6.45, 7) is 4.36. The van der Waals surface area contributed by atoms with Crippen LogP contribution in [0, 0.1) is 6.92 Å². The van der Waals surface area contributed by atoms with Gasteiger partial charge < -0.3 is 4.57 Å². The maximum absolute atomic E-state index is 5.15. The Morgan fingerprint density at radius 2 is 1.35 bits per heavy atom. The van der Waals surface area contributed by atoms with E-state index in [2.05, 4.69) is 138 Å². The molecular weight excluding hydrogens is 486 g/mol. The van der Waals surface area contributed by atoms with Gasteiger partial charge in [-0.1, -0.05) is 91.7 Å². The minimum Gasteiger partial charge on any atom is -0.309 e. The van der Waals surface area contributed by atoms with E-state index in [-0.39, 0.29) is 0 Å². The van der Waals surface area contributed by atoms with Crippen molar-refractivity contribution in [3.8, 4) is 11.5 Å². The highest BCUT2D eigenvalue weighted by molar-refractivity contribution is 6.26. The van der Waals surface area contributed by atoms with Crippen LogP contribution in [0.1, 0.15) is 24.6 Å². The summed E-state index contributed by atoms with van der Waals surface area (Å²) in [5.41, 5.74) is 8.40. The van der Waals surface area contributed by atoms with Crippen molar-refractivity contribution < 1.29 is 0 Å². The van der Waals surface area contributed by atoms with Gasteiger partial charge in [0, 0.05) is 32.9 Å². The summed E-state index contributed by atoms with van der Waals surface area (Å²) < 4.78 is 4.80. The number of pyridine rings is 1. The molecule has 0 amide bonds. The van der Waals surface area contributed by atoms with Gasteiger partial charge >= 0.3 is 0 Å². The van der Waals surface area contributed by atoms with Gasteiger partial charge in [-0.25, -0.2) is 4.98 Å². The molecule has 3 nitrogen and oxygen atoms in total. The zero-order valence-corrected chi connectivity index (χ0v) is 22.7. The van der Waals surface area contributed by atoms with E-state index in [0.29, 0.717) is 0 Å². The van der Waals surface area contributed by atoms with E-state index >= 15 is 0 Å². The molecule has 0 aliphatic heterocycles. The first-order valence-corrected chi connectivity index (χ1v) is 14.1. The molecular formula is C37H29N3. The largest absolute Gasteiger partial charge is 0.309 e. The van der Waals surface area contributed by atoms with Gasteiger partial charge in [-0.15, -0.1) is 0 Å². The fourth-order valence-corrected chi connectivity index (χ4v) is 6.50. The zero-order chi connectivity index (χ0) is 26.8. The summed E-state index contributed by atoms with van der Waals surface area (Å²) in [6.07, 6.45) is 2.05. The van der Waals surface area contributed by atoms with Crippen molar-refractivity contribution in [1.29, 1.82) is 0 Å². The first kappa shape index (κ1) is 23.0. The number of para-hydroxylation sites is 2. The van der Waals surface area contributed by atoms with E-state index < -0.39 is 0 Å². The Morgan fingerprint density at radius 3 is 2.20 bits per heavy atom. The average molecular weight is 516 g/mol. The normalized spacial score (nSPS) is 11.9. The second-order valence-corrected chi connectivity index (χ2v) is 10.8. The number of hydrogen-bond donors (Lipinski definition) is 0. The Kier molecular flexibility index (Phi) is 5.08. The topological polar surface area (TPSA) is 22.8 Å². The average Bonchev–Trinajstić information content (AvgIpc) is 3.50. The number of nitrogens with zero attached hydrogens (tertiary/aromatic N) is 3. The fourth-order valence-electron chi connectivity index (χ4n) is 6.50. The van der Waals surface area contributed by atoms with Crippen LogP contribution in [0.25, 0.3) is 65.9 Å². The summed E-state index contributed by atoms with van der Waals surface area (Å²) in [4.78, 5) is 5.15. The number of aryl methyl sites for hydroxylation is 2. The first-order chi connectivity index (χ1) is 19.7. The highest BCUT2D eigenvalue weighted by Crippen LogP contribution is 2.41. The van der Waals surface area contributed by atoms with Crippen LogP contribution in [-0.2, 0) is 6.42 Å². The van der Waals surface area contributed by atoms with E-state index in [0.717, 1.165) is 24.4 Å². The molecule has 40 heavy (non-hydrogen) atoms. The second-order valence-electron chi connectivity index (χ2n) is 10.8. The van der Waals surface area contributed by atoms with Crippen molar-refractivity contribution in [3.63, 3.8) is 0 Å². The summed E-state index contributed by atoms with van der Waals surface area (Å²) in [7, 11) is 0. The predicted molar refractivity (Wildman–Crippen MR) is 169 cm³/mol. The minimum atomic E-state index is 0.973. The van der Waals surface area contributed by atoms with E-state index in [4.69, 9.17) is 4.98 Å². The Balaban J connectivity index is 1.53. The van der Waals surface area contributed by atoms with Crippen LogP contribution < -0.4 is 0 Å². The highest BCUT2D eigenvalue weighted by Gasteiger charge is 2.21. The van der Waals surface area contributed by atoms with Gasteiger partial charge in [0.15, 0.2) is 0 Å². The Bertz CT molecular complexity index is 2250. The van der Waals surface area contributed by atoms with E-state index in [9.17, 15) is 0 Å². The number of fused-ring (bicyclic) bond motifs is 8. The standard InChI is InChI=1S/C37H29N3/c1-3-9-27-10-8-15-35(38-27)40-32-13-6-4-11-29(32)30-20-21-34-36(37(30)40)31-12-5-7-14-33(31)39(34)28-19-18-25-22-24(2)16-17-26(25)23-28/h4-8,10-23H,3,9H2,1-2H3. The summed E-state index contributed by atoms with van der Waals surface area (Å²) in [5.74, 6) is 0.975. The van der Waals surface area contributed by atoms with Crippen molar-refractivity contribution in [3.05, 3.63) is 127 Å². The predicted octanol–water partition coefficient (Wildman–Crippen LogP) is 9.69. The quantitative estimate of drug-likeness (QED) is 0.229. The van der Waals surface area contributed by atoms with Gasteiger partial charge in [0.05, 0.1) is 22.1 Å². The molecule has 0 fully saturated rings. The molecule has 0 aliphatic carbocycles. The number of hydrogen-bond acceptors (Lipinski definition) is 1. The zero-order valence-electron chi connectivity index (χ0n) is 22.7. The maximum atomic E-state index is 5.15. The van der Waals surface area contributed by atoms with Crippen LogP contribution >= 0.6 is 0 Å². The van der Waals surface area contributed by atoms with Gasteiger partial charge in [0.25, 0.3) is 0 Å². The molecule has 0 saturated carbocycles. The monoisotopic (exact) mass is 515 g/mol. The SMILES string of the molecule is CCCc1cccc(-n2c3ccccc3c3ccc4c(c5ccccc5n4-c4ccc5cc(C)ccc5c4)c32)n1. The summed E-state index contributed by atoms with van der Waals surface area (Å²) in [6, 6.07) is 42.1. The molecule has 5 aromatic carbocycles. The Labute approximate surface area is 232 Å². The van der Waals surface area contributed by atoms with Crippen LogP contribution in [0.15, 0.2) is 115 Å². The molecule has 0 atom stereocenters. The lowest BCUT2D eigenvalue weighted by Gasteiger charge is -2.11. The molecule has 8 rings (SSSR count). The van der Waals surface area contributed by atoms with Crippen molar-refractivity contribution in [2.45, 2.75) is 26.7 Å². The Morgan fingerprint density at radius 1 is 0.600 bits per heavy atom. The van der Waals surface area contributed by atoms with Crippen molar-refractivity contribution in [1.82, 2.24) is 14.1 Å². The molecule has 8 aromatic rings. The van der Waals surface area contributed by atoms with Gasteiger partial charge in [-0.3, -0.25) is 4.57 Å². The molecule has 3 heteroatoms. The van der Waals surface area contributed by atoms with Crippen molar-refractivity contribution in [2.75, 3.05) is 0 Å². The molecule has 3 heterocycles. The van der Waals surface area contributed by atoms with E-state index in [1.54, 1.807) is 0 Å². The lowest BCUT2D eigenvalue weighted by atomic mass is 10.1. The van der Waals surface area contributed by atoms with Gasteiger partial charge in [0.1, 0.15) is 5.82 Å². The number of benzene rings is 5. The minimum absolute atomic E-state index is 0.973. The lowest BCUT2D eigenvalue weighted by Crippen LogP contribution is -2.00. The van der Waals surface area contributed by atoms with Crippen molar-refractivity contribution in [2.24, 2.45) is 0 Å². The summed E-state index contributed by atoms with van der Waals surface area (Å²) >= 11 is 0. The van der Waals surface area contributed by atoms with Gasteiger partial charge in [0.2, 0.25) is 0 Å². The number of aromatic nitrogens is 3. The molecule has 3 aromatic heterocycles. The van der Waals surface area contributed by atoms with Crippen LogP contribution in [-0.4, -0.2) is 14.1 Å². The van der Waals surface area contributed by atoms with Gasteiger partial charge in [-0.05, 0) is 66.6 Å². The molecule has 0 N–H and O–H groups in total.